The summed E-state index contributed by atoms with van der Waals surface area (Å²) >= 11 is 0. The minimum Gasteiger partial charge on any atom is -0.310 e. The van der Waals surface area contributed by atoms with Gasteiger partial charge in [0.15, 0.2) is 0 Å². The number of hydrogen-bond donors (Lipinski definition) is 0. The highest BCUT2D eigenvalue weighted by molar-refractivity contribution is 5.99. The summed E-state index contributed by atoms with van der Waals surface area (Å²) in [5.41, 5.74) is 27.1. The second-order valence-electron chi connectivity index (χ2n) is 27.3. The summed E-state index contributed by atoms with van der Waals surface area (Å²) in [7, 11) is 0. The van der Waals surface area contributed by atoms with Crippen LogP contribution in [0.15, 0.2) is 200 Å². The van der Waals surface area contributed by atoms with Gasteiger partial charge in [-0.3, -0.25) is 0 Å². The van der Waals surface area contributed by atoms with E-state index in [4.69, 9.17) is 0 Å². The lowest BCUT2D eigenvalue weighted by Gasteiger charge is -2.48. The number of anilines is 6. The van der Waals surface area contributed by atoms with Gasteiger partial charge in [0.05, 0.1) is 5.41 Å². The summed E-state index contributed by atoms with van der Waals surface area (Å²) in [6.45, 7) is 12.7. The molecule has 0 heterocycles. The van der Waals surface area contributed by atoms with E-state index in [0.717, 1.165) is 30.6 Å². The molecule has 8 aromatic carbocycles. The summed E-state index contributed by atoms with van der Waals surface area (Å²) < 4.78 is 0. The first-order valence-electron chi connectivity index (χ1n) is 31.5. The number of hydrogen-bond acceptors (Lipinski definition) is 2. The minimum absolute atomic E-state index is 0.0332. The maximum absolute atomic E-state index is 2.78. The van der Waals surface area contributed by atoms with Crippen LogP contribution in [-0.4, -0.2) is 0 Å². The Morgan fingerprint density at radius 1 is 0.395 bits per heavy atom. The minimum atomic E-state index is -0.578. The van der Waals surface area contributed by atoms with Crippen LogP contribution in [0.2, 0.25) is 0 Å². The fourth-order valence-corrected chi connectivity index (χ4v) is 19.4. The molecule has 0 radical (unpaired) electrons. The molecular formula is C79H78N2. The van der Waals surface area contributed by atoms with Crippen molar-refractivity contribution < 1.29 is 0 Å². The van der Waals surface area contributed by atoms with Crippen LogP contribution in [0.1, 0.15) is 162 Å². The molecular weight excluding hydrogens is 977 g/mol. The lowest BCUT2D eigenvalue weighted by Crippen LogP contribution is -2.36. The van der Waals surface area contributed by atoms with E-state index in [0.29, 0.717) is 35.5 Å². The molecule has 0 amide bonds. The van der Waals surface area contributed by atoms with Crippen LogP contribution in [0.5, 0.6) is 0 Å². The zero-order valence-electron chi connectivity index (χ0n) is 48.3. The molecule has 4 bridgehead atoms. The van der Waals surface area contributed by atoms with Gasteiger partial charge in [0, 0.05) is 39.5 Å². The second-order valence-corrected chi connectivity index (χ2v) is 27.3. The highest BCUT2D eigenvalue weighted by Gasteiger charge is 2.54. The van der Waals surface area contributed by atoms with E-state index in [1.165, 1.54) is 170 Å². The van der Waals surface area contributed by atoms with Crippen molar-refractivity contribution >= 4 is 39.7 Å². The molecule has 8 aromatic rings. The van der Waals surface area contributed by atoms with Crippen LogP contribution < -0.4 is 9.80 Å². The summed E-state index contributed by atoms with van der Waals surface area (Å²) in [6, 6.07) is 72.1. The van der Waals surface area contributed by atoms with Gasteiger partial charge < -0.3 is 9.80 Å². The third-order valence-electron chi connectivity index (χ3n) is 22.2. The smallest absolute Gasteiger partial charge is 0.0727 e. The van der Waals surface area contributed by atoms with Crippen LogP contribution in [0.25, 0.3) is 27.8 Å². The summed E-state index contributed by atoms with van der Waals surface area (Å²) in [4.78, 5) is 5.36. The van der Waals surface area contributed by atoms with Crippen molar-refractivity contribution in [3.05, 3.63) is 244 Å². The van der Waals surface area contributed by atoms with Crippen LogP contribution >= 0.6 is 0 Å². The average molecular weight is 1060 g/mol. The molecule has 1 spiro atoms. The van der Waals surface area contributed by atoms with E-state index >= 15 is 0 Å². The fraction of sp³-hybridized carbons (Fsp3) is 0.342. The number of para-hydroxylation sites is 3. The van der Waals surface area contributed by atoms with E-state index in [-0.39, 0.29) is 5.41 Å². The summed E-state index contributed by atoms with van der Waals surface area (Å²) in [5.74, 6) is 5.79. The van der Waals surface area contributed by atoms with Crippen LogP contribution in [0.4, 0.5) is 34.1 Å². The van der Waals surface area contributed by atoms with Gasteiger partial charge in [-0.25, -0.2) is 0 Å². The SMILES string of the molecule is CC1CC2CC(C)C(c3cc4c(cc3N(c3ccccc3)c3ccccc3)C3(c5ccccc5-c5cc(C6C(C)CC7CCCC6C7)c(N(c6ccccc6)c6ccc7c(c6)C6=CCCC=C6C7(C)C)cc53)c3ccccc3-4)C(C1)C2. The van der Waals surface area contributed by atoms with Crippen molar-refractivity contribution in [2.75, 3.05) is 9.80 Å². The van der Waals surface area contributed by atoms with Crippen molar-refractivity contribution in [3.63, 3.8) is 0 Å². The summed E-state index contributed by atoms with van der Waals surface area (Å²) in [5, 5.41) is 0. The quantitative estimate of drug-likeness (QED) is 0.150. The van der Waals surface area contributed by atoms with Crippen molar-refractivity contribution in [2.45, 2.75) is 128 Å². The van der Waals surface area contributed by atoms with Gasteiger partial charge in [0.2, 0.25) is 0 Å². The van der Waals surface area contributed by atoms with E-state index in [9.17, 15) is 0 Å². The van der Waals surface area contributed by atoms with Crippen LogP contribution in [0, 0.1) is 41.4 Å². The first-order chi connectivity index (χ1) is 39.6. The molecule has 0 N–H and O–H groups in total. The molecule has 404 valence electrons. The molecule has 0 saturated heterocycles. The van der Waals surface area contributed by atoms with Gasteiger partial charge in [-0.05, 0) is 262 Å². The Kier molecular flexibility index (Phi) is 11.6. The maximum atomic E-state index is 2.78. The number of fused-ring (bicyclic) bond motifs is 17. The molecule has 8 aliphatic carbocycles. The third kappa shape index (κ3) is 7.49. The predicted octanol–water partition coefficient (Wildman–Crippen LogP) is 21.5. The average Bonchev–Trinajstić information content (AvgIpc) is 2.11. The van der Waals surface area contributed by atoms with Crippen LogP contribution in [-0.2, 0) is 10.8 Å². The normalized spacial score (nSPS) is 27.7. The Bertz CT molecular complexity index is 3800. The largest absolute Gasteiger partial charge is 0.310 e. The number of allylic oxidation sites excluding steroid dienone is 4. The number of benzene rings is 8. The monoisotopic (exact) mass is 1050 g/mol. The highest BCUT2D eigenvalue weighted by Crippen LogP contribution is 2.67. The first-order valence-corrected chi connectivity index (χ1v) is 31.5. The molecule has 81 heavy (non-hydrogen) atoms. The van der Waals surface area contributed by atoms with Gasteiger partial charge in [-0.2, -0.15) is 0 Å². The summed E-state index contributed by atoms with van der Waals surface area (Å²) in [6.07, 6.45) is 19.3. The van der Waals surface area contributed by atoms with Crippen molar-refractivity contribution in [2.24, 2.45) is 41.4 Å². The zero-order valence-corrected chi connectivity index (χ0v) is 48.3. The van der Waals surface area contributed by atoms with E-state index < -0.39 is 5.41 Å². The molecule has 16 rings (SSSR count). The van der Waals surface area contributed by atoms with Gasteiger partial charge in [0.1, 0.15) is 0 Å². The second kappa shape index (κ2) is 19.0. The van der Waals surface area contributed by atoms with Crippen LogP contribution in [0.3, 0.4) is 0 Å². The fourth-order valence-electron chi connectivity index (χ4n) is 19.4. The Balaban J connectivity index is 1.00. The van der Waals surface area contributed by atoms with Gasteiger partial charge >= 0.3 is 0 Å². The molecule has 2 nitrogen and oxygen atoms in total. The Hall–Kier alpha value is -7.16. The van der Waals surface area contributed by atoms with Crippen molar-refractivity contribution in [1.82, 2.24) is 0 Å². The van der Waals surface area contributed by atoms with Gasteiger partial charge in [0.25, 0.3) is 0 Å². The number of rotatable bonds is 8. The van der Waals surface area contributed by atoms with E-state index in [2.05, 4.69) is 239 Å². The highest BCUT2D eigenvalue weighted by atomic mass is 15.2. The molecule has 10 atom stereocenters. The lowest BCUT2D eigenvalue weighted by atomic mass is 9.58. The molecule has 0 aliphatic heterocycles. The Morgan fingerprint density at radius 2 is 0.914 bits per heavy atom. The van der Waals surface area contributed by atoms with Gasteiger partial charge in [-0.1, -0.05) is 169 Å². The molecule has 8 aliphatic rings. The topological polar surface area (TPSA) is 6.48 Å². The maximum Gasteiger partial charge on any atom is 0.0727 e. The van der Waals surface area contributed by atoms with Crippen molar-refractivity contribution in [3.8, 4) is 22.3 Å². The third-order valence-corrected chi connectivity index (χ3v) is 22.2. The first kappa shape index (κ1) is 49.6. The zero-order chi connectivity index (χ0) is 54.3. The molecule has 2 heteroatoms. The Morgan fingerprint density at radius 3 is 1.52 bits per heavy atom. The molecule has 10 unspecified atom stereocenters. The van der Waals surface area contributed by atoms with Crippen molar-refractivity contribution in [1.29, 1.82) is 0 Å². The molecule has 4 fully saturated rings. The van der Waals surface area contributed by atoms with Gasteiger partial charge in [-0.15, -0.1) is 0 Å². The lowest BCUT2D eigenvalue weighted by molar-refractivity contribution is 0.0856. The van der Waals surface area contributed by atoms with E-state index in [1.54, 1.807) is 0 Å². The molecule has 0 aromatic heterocycles. The Labute approximate surface area is 482 Å². The predicted molar refractivity (Wildman–Crippen MR) is 339 cm³/mol. The van der Waals surface area contributed by atoms with E-state index in [1.807, 2.05) is 0 Å². The molecule has 4 saturated carbocycles. The standard InChI is InChI=1S/C79H78N2/c1-49-38-53-41-51(3)77(55(39-49)43-53)67-46-65-62-32-17-20-35-71(62)79(72(65)47-74(67)80(56-24-9-6-10-25-56)57-26-11-7-12-27-57)70-34-19-16-31-61(70)64-45-66(76-50(2)40-52-22-21-23-54(76)42-52)75(48-73(64)79)81(58-28-13-8-14-29-58)59-36-37-69-63(44-59)60-30-15-18-33-68(60)78(69,4)5/h6-14,16-17,19-20,24-37,44-55,76-77H,15,18,21-23,38-43H2,1-5H3. The number of nitrogens with zero attached hydrogens (tertiary/aromatic N) is 2.